The quantitative estimate of drug-likeness (QED) is 0.884. The molecule has 0 saturated carbocycles. The standard InChI is InChI=1S/C14H18N2O4S/c1-10-4-5-11(8-13(10)17)15-9-12-6-7-14(20-12)21(18,19)16(2)3/h4-8,15,17H,9H2,1-3H3. The van der Waals surface area contributed by atoms with Gasteiger partial charge in [0.1, 0.15) is 11.5 Å². The van der Waals surface area contributed by atoms with E-state index in [1.807, 2.05) is 13.0 Å². The highest BCUT2D eigenvalue weighted by Gasteiger charge is 2.21. The maximum atomic E-state index is 11.9. The molecule has 1 aromatic carbocycles. The Morgan fingerprint density at radius 2 is 1.95 bits per heavy atom. The van der Waals surface area contributed by atoms with Crippen molar-refractivity contribution in [2.45, 2.75) is 18.6 Å². The first-order valence-corrected chi connectivity index (χ1v) is 7.79. The number of nitrogens with one attached hydrogen (secondary N) is 1. The van der Waals surface area contributed by atoms with E-state index in [0.717, 1.165) is 15.6 Å². The van der Waals surface area contributed by atoms with Crippen LogP contribution in [0.2, 0.25) is 0 Å². The summed E-state index contributed by atoms with van der Waals surface area (Å²) in [5.74, 6) is 0.700. The number of rotatable bonds is 5. The molecule has 0 aliphatic carbocycles. The Hall–Kier alpha value is -1.99. The maximum Gasteiger partial charge on any atom is 0.275 e. The van der Waals surface area contributed by atoms with Gasteiger partial charge in [0.05, 0.1) is 6.54 Å². The second kappa shape index (κ2) is 5.79. The number of benzene rings is 1. The van der Waals surface area contributed by atoms with E-state index in [9.17, 15) is 13.5 Å². The molecule has 1 aromatic heterocycles. The van der Waals surface area contributed by atoms with Crippen LogP contribution in [0.3, 0.4) is 0 Å². The van der Waals surface area contributed by atoms with E-state index < -0.39 is 10.0 Å². The molecule has 2 aromatic rings. The van der Waals surface area contributed by atoms with Gasteiger partial charge in [-0.3, -0.25) is 0 Å². The van der Waals surface area contributed by atoms with Gasteiger partial charge in [0, 0.05) is 25.8 Å². The molecule has 21 heavy (non-hydrogen) atoms. The average Bonchev–Trinajstić information content (AvgIpc) is 2.89. The Bertz CT molecular complexity index is 735. The number of hydrogen-bond acceptors (Lipinski definition) is 5. The molecule has 1 heterocycles. The summed E-state index contributed by atoms with van der Waals surface area (Å²) in [6.45, 7) is 2.13. The number of aryl methyl sites for hydroxylation is 1. The van der Waals surface area contributed by atoms with Crippen LogP contribution < -0.4 is 5.32 Å². The van der Waals surface area contributed by atoms with Crippen molar-refractivity contribution in [3.8, 4) is 5.75 Å². The van der Waals surface area contributed by atoms with Crippen LogP contribution in [0.25, 0.3) is 0 Å². The van der Waals surface area contributed by atoms with Crippen LogP contribution in [0, 0.1) is 6.92 Å². The number of anilines is 1. The lowest BCUT2D eigenvalue weighted by atomic mass is 10.2. The fourth-order valence-corrected chi connectivity index (χ4v) is 2.49. The maximum absolute atomic E-state index is 11.9. The molecule has 0 aliphatic rings. The van der Waals surface area contributed by atoms with Gasteiger partial charge in [-0.1, -0.05) is 6.07 Å². The minimum Gasteiger partial charge on any atom is -0.508 e. The van der Waals surface area contributed by atoms with Gasteiger partial charge < -0.3 is 14.8 Å². The number of phenols is 1. The zero-order chi connectivity index (χ0) is 15.6. The first kappa shape index (κ1) is 15.4. The summed E-state index contributed by atoms with van der Waals surface area (Å²) in [7, 11) is -0.654. The summed E-state index contributed by atoms with van der Waals surface area (Å²) in [6, 6.07) is 8.27. The molecule has 0 spiro atoms. The summed E-state index contributed by atoms with van der Waals surface area (Å²) in [5.41, 5.74) is 1.52. The van der Waals surface area contributed by atoms with Gasteiger partial charge in [0.15, 0.2) is 0 Å². The van der Waals surface area contributed by atoms with Crippen molar-refractivity contribution >= 4 is 15.7 Å². The van der Waals surface area contributed by atoms with Gasteiger partial charge in [0.2, 0.25) is 5.09 Å². The Kier molecular flexibility index (Phi) is 4.24. The van der Waals surface area contributed by atoms with Gasteiger partial charge in [-0.2, -0.15) is 0 Å². The fraction of sp³-hybridized carbons (Fsp3) is 0.286. The number of nitrogens with zero attached hydrogens (tertiary/aromatic N) is 1. The third kappa shape index (κ3) is 3.37. The zero-order valence-corrected chi connectivity index (χ0v) is 12.9. The molecular formula is C14H18N2O4S. The lowest BCUT2D eigenvalue weighted by Crippen LogP contribution is -2.21. The summed E-state index contributed by atoms with van der Waals surface area (Å²) in [6.07, 6.45) is 0. The third-order valence-corrected chi connectivity index (χ3v) is 4.74. The number of hydrogen-bond donors (Lipinski definition) is 2. The van der Waals surface area contributed by atoms with Crippen molar-refractivity contribution in [2.24, 2.45) is 0 Å². The molecule has 0 amide bonds. The topological polar surface area (TPSA) is 82.8 Å². The van der Waals surface area contributed by atoms with Gasteiger partial charge in [0.25, 0.3) is 10.0 Å². The van der Waals surface area contributed by atoms with Crippen molar-refractivity contribution in [3.05, 3.63) is 41.7 Å². The minimum absolute atomic E-state index is 0.0870. The van der Waals surface area contributed by atoms with Gasteiger partial charge in [-0.25, -0.2) is 12.7 Å². The van der Waals surface area contributed by atoms with Gasteiger partial charge >= 0.3 is 0 Å². The fourth-order valence-electron chi connectivity index (χ4n) is 1.68. The van der Waals surface area contributed by atoms with Crippen LogP contribution in [-0.4, -0.2) is 31.9 Å². The van der Waals surface area contributed by atoms with E-state index in [4.69, 9.17) is 4.42 Å². The van der Waals surface area contributed by atoms with Gasteiger partial charge in [-0.05, 0) is 30.7 Å². The highest BCUT2D eigenvalue weighted by Crippen LogP contribution is 2.22. The van der Waals surface area contributed by atoms with E-state index >= 15 is 0 Å². The Labute approximate surface area is 124 Å². The first-order chi connectivity index (χ1) is 9.80. The number of furan rings is 1. The molecule has 0 radical (unpaired) electrons. The lowest BCUT2D eigenvalue weighted by molar-refractivity contribution is 0.402. The second-order valence-electron chi connectivity index (χ2n) is 4.86. The number of sulfonamides is 1. The first-order valence-electron chi connectivity index (χ1n) is 6.35. The molecule has 114 valence electrons. The zero-order valence-electron chi connectivity index (χ0n) is 12.1. The Morgan fingerprint density at radius 1 is 1.24 bits per heavy atom. The molecule has 0 bridgehead atoms. The van der Waals surface area contributed by atoms with Crippen LogP contribution in [0.4, 0.5) is 5.69 Å². The van der Waals surface area contributed by atoms with Crippen molar-refractivity contribution < 1.29 is 17.9 Å². The minimum atomic E-state index is -3.55. The van der Waals surface area contributed by atoms with E-state index in [0.29, 0.717) is 12.3 Å². The van der Waals surface area contributed by atoms with E-state index in [2.05, 4.69) is 5.32 Å². The van der Waals surface area contributed by atoms with E-state index in [1.54, 1.807) is 18.2 Å². The van der Waals surface area contributed by atoms with Crippen molar-refractivity contribution in [3.63, 3.8) is 0 Å². The molecule has 0 unspecified atom stereocenters. The summed E-state index contributed by atoms with van der Waals surface area (Å²) in [5, 5.41) is 12.6. The van der Waals surface area contributed by atoms with E-state index in [-0.39, 0.29) is 10.8 Å². The predicted molar refractivity (Wildman–Crippen MR) is 79.8 cm³/mol. The molecular weight excluding hydrogens is 292 g/mol. The third-order valence-electron chi connectivity index (χ3n) is 3.05. The molecule has 0 aliphatic heterocycles. The van der Waals surface area contributed by atoms with Crippen molar-refractivity contribution in [2.75, 3.05) is 19.4 Å². The predicted octanol–water partition coefficient (Wildman–Crippen LogP) is 2.16. The van der Waals surface area contributed by atoms with Crippen LogP contribution >= 0.6 is 0 Å². The molecule has 2 N–H and O–H groups in total. The lowest BCUT2D eigenvalue weighted by Gasteiger charge is -2.08. The average molecular weight is 310 g/mol. The summed E-state index contributed by atoms with van der Waals surface area (Å²) < 4.78 is 30.2. The molecule has 0 saturated heterocycles. The highest BCUT2D eigenvalue weighted by molar-refractivity contribution is 7.88. The molecule has 2 rings (SSSR count). The molecule has 0 atom stereocenters. The van der Waals surface area contributed by atoms with Gasteiger partial charge in [-0.15, -0.1) is 0 Å². The largest absolute Gasteiger partial charge is 0.508 e. The Balaban J connectivity index is 2.08. The van der Waals surface area contributed by atoms with Crippen molar-refractivity contribution in [1.82, 2.24) is 4.31 Å². The van der Waals surface area contributed by atoms with Crippen LogP contribution in [0.1, 0.15) is 11.3 Å². The van der Waals surface area contributed by atoms with Crippen molar-refractivity contribution in [1.29, 1.82) is 0 Å². The molecule has 7 heteroatoms. The van der Waals surface area contributed by atoms with E-state index in [1.165, 1.54) is 20.2 Å². The smallest absolute Gasteiger partial charge is 0.275 e. The summed E-state index contributed by atoms with van der Waals surface area (Å²) in [4.78, 5) is 0. The monoisotopic (exact) mass is 310 g/mol. The summed E-state index contributed by atoms with van der Waals surface area (Å²) >= 11 is 0. The highest BCUT2D eigenvalue weighted by atomic mass is 32.2. The van der Waals surface area contributed by atoms with Crippen LogP contribution in [0.5, 0.6) is 5.75 Å². The van der Waals surface area contributed by atoms with Crippen LogP contribution in [-0.2, 0) is 16.6 Å². The number of aromatic hydroxyl groups is 1. The van der Waals surface area contributed by atoms with Crippen LogP contribution in [0.15, 0.2) is 39.8 Å². The number of phenolic OH excluding ortho intramolecular Hbond substituents is 1. The SMILES string of the molecule is Cc1ccc(NCc2ccc(S(=O)(=O)N(C)C)o2)cc1O. The molecule has 0 fully saturated rings. The normalized spacial score (nSPS) is 11.8. The Morgan fingerprint density at radius 3 is 2.57 bits per heavy atom. The molecule has 6 nitrogen and oxygen atoms in total. The second-order valence-corrected chi connectivity index (χ2v) is 6.95.